The highest BCUT2D eigenvalue weighted by Gasteiger charge is 2.25. The minimum absolute atomic E-state index is 0.173. The van der Waals surface area contributed by atoms with Gasteiger partial charge in [0, 0.05) is 11.2 Å². The molecule has 1 amide bonds. The molecule has 1 aromatic heterocycles. The summed E-state index contributed by atoms with van der Waals surface area (Å²) in [4.78, 5) is 16.0. The summed E-state index contributed by atoms with van der Waals surface area (Å²) >= 11 is 5.96. The Morgan fingerprint density at radius 3 is 2.89 bits per heavy atom. The highest BCUT2D eigenvalue weighted by Crippen LogP contribution is 2.19. The van der Waals surface area contributed by atoms with Crippen LogP contribution in [0.25, 0.3) is 0 Å². The lowest BCUT2D eigenvalue weighted by atomic mass is 9.92. The van der Waals surface area contributed by atoms with Crippen molar-refractivity contribution in [2.45, 2.75) is 44.8 Å². The third kappa shape index (κ3) is 3.00. The third-order valence-corrected chi connectivity index (χ3v) is 3.72. The lowest BCUT2D eigenvalue weighted by Gasteiger charge is -2.28. The minimum atomic E-state index is -0.455. The molecule has 0 bridgehead atoms. The fraction of sp³-hybridized carbons (Fsp3) is 0.538. The first kappa shape index (κ1) is 13.3. The molecule has 1 heterocycles. The summed E-state index contributed by atoms with van der Waals surface area (Å²) < 4.78 is 0. The summed E-state index contributed by atoms with van der Waals surface area (Å²) in [6, 6.07) is 1.38. The predicted molar refractivity (Wildman–Crippen MR) is 69.7 cm³/mol. The Hall–Kier alpha value is -1.13. The number of aromatic nitrogens is 1. The maximum atomic E-state index is 12.0. The minimum Gasteiger partial charge on any atom is -0.391 e. The Kier molecular flexibility index (Phi) is 4.19. The monoisotopic (exact) mass is 268 g/mol. The highest BCUT2D eigenvalue weighted by molar-refractivity contribution is 6.31. The van der Waals surface area contributed by atoms with E-state index in [1.165, 1.54) is 0 Å². The summed E-state index contributed by atoms with van der Waals surface area (Å²) in [5, 5.41) is 13.2. The topological polar surface area (TPSA) is 62.2 Å². The quantitative estimate of drug-likeness (QED) is 0.863. The number of hydrogen-bond donors (Lipinski definition) is 2. The van der Waals surface area contributed by atoms with E-state index in [0.29, 0.717) is 10.7 Å². The summed E-state index contributed by atoms with van der Waals surface area (Å²) in [5.41, 5.74) is 1.13. The third-order valence-electron chi connectivity index (χ3n) is 3.32. The van der Waals surface area contributed by atoms with Gasteiger partial charge in [0.1, 0.15) is 5.69 Å². The zero-order valence-corrected chi connectivity index (χ0v) is 11.1. The average Bonchev–Trinajstić information content (AvgIpc) is 2.35. The zero-order chi connectivity index (χ0) is 13.1. The van der Waals surface area contributed by atoms with Crippen molar-refractivity contribution < 1.29 is 9.90 Å². The summed E-state index contributed by atoms with van der Waals surface area (Å²) in [7, 11) is 0. The SMILES string of the molecule is Cc1cnc(C(=O)NC2CCCCC2O)cc1Cl. The largest absolute Gasteiger partial charge is 0.391 e. The standard InChI is InChI=1S/C13H17ClN2O2/c1-8-7-15-11(6-9(8)14)13(18)16-10-4-2-3-5-12(10)17/h6-7,10,12,17H,2-5H2,1H3,(H,16,18). The Bertz CT molecular complexity index is 451. The van der Waals surface area contributed by atoms with Crippen LogP contribution in [0.2, 0.25) is 5.02 Å². The molecule has 1 saturated carbocycles. The van der Waals surface area contributed by atoms with Gasteiger partial charge < -0.3 is 10.4 Å². The zero-order valence-electron chi connectivity index (χ0n) is 10.3. The van der Waals surface area contributed by atoms with E-state index in [9.17, 15) is 9.90 Å². The van der Waals surface area contributed by atoms with Crippen molar-refractivity contribution in [1.29, 1.82) is 0 Å². The number of aliphatic hydroxyl groups is 1. The van der Waals surface area contributed by atoms with E-state index in [4.69, 9.17) is 11.6 Å². The number of carbonyl (C=O) groups is 1. The van der Waals surface area contributed by atoms with Crippen LogP contribution in [-0.2, 0) is 0 Å². The number of hydrogen-bond acceptors (Lipinski definition) is 3. The van der Waals surface area contributed by atoms with Crippen molar-refractivity contribution in [2.75, 3.05) is 0 Å². The second-order valence-corrected chi connectivity index (χ2v) is 5.16. The van der Waals surface area contributed by atoms with E-state index in [1.54, 1.807) is 12.3 Å². The number of aliphatic hydroxyl groups excluding tert-OH is 1. The first-order valence-corrected chi connectivity index (χ1v) is 6.57. The Morgan fingerprint density at radius 1 is 1.50 bits per heavy atom. The number of nitrogens with one attached hydrogen (secondary N) is 1. The molecule has 1 fully saturated rings. The normalized spacial score (nSPS) is 23.7. The van der Waals surface area contributed by atoms with Gasteiger partial charge >= 0.3 is 0 Å². The molecule has 1 aromatic rings. The molecule has 0 spiro atoms. The number of carbonyl (C=O) groups excluding carboxylic acids is 1. The number of aryl methyl sites for hydroxylation is 1. The first-order valence-electron chi connectivity index (χ1n) is 6.19. The molecule has 5 heteroatoms. The second kappa shape index (κ2) is 5.67. The van der Waals surface area contributed by atoms with Crippen molar-refractivity contribution in [1.82, 2.24) is 10.3 Å². The molecule has 2 unspecified atom stereocenters. The summed E-state index contributed by atoms with van der Waals surface area (Å²) in [6.45, 7) is 1.84. The number of pyridine rings is 1. The summed E-state index contributed by atoms with van der Waals surface area (Å²) in [5.74, 6) is -0.275. The van der Waals surface area contributed by atoms with E-state index in [-0.39, 0.29) is 11.9 Å². The molecule has 0 saturated heterocycles. The molecule has 2 N–H and O–H groups in total. The number of nitrogens with zero attached hydrogens (tertiary/aromatic N) is 1. The van der Waals surface area contributed by atoms with Crippen molar-refractivity contribution in [3.8, 4) is 0 Å². The highest BCUT2D eigenvalue weighted by atomic mass is 35.5. The maximum Gasteiger partial charge on any atom is 0.270 e. The Balaban J connectivity index is 2.04. The van der Waals surface area contributed by atoms with Crippen LogP contribution in [-0.4, -0.2) is 28.1 Å². The van der Waals surface area contributed by atoms with Crippen molar-refractivity contribution in [3.05, 3.63) is 28.5 Å². The van der Waals surface area contributed by atoms with Gasteiger partial charge in [-0.15, -0.1) is 0 Å². The van der Waals surface area contributed by atoms with Gasteiger partial charge in [0.15, 0.2) is 0 Å². The number of halogens is 1. The van der Waals surface area contributed by atoms with Gasteiger partial charge in [-0.05, 0) is 31.4 Å². The molecule has 4 nitrogen and oxygen atoms in total. The fourth-order valence-electron chi connectivity index (χ4n) is 2.15. The lowest BCUT2D eigenvalue weighted by molar-refractivity contribution is 0.0714. The van der Waals surface area contributed by atoms with Crippen molar-refractivity contribution in [3.63, 3.8) is 0 Å². The van der Waals surface area contributed by atoms with Gasteiger partial charge in [0.25, 0.3) is 5.91 Å². The van der Waals surface area contributed by atoms with Crippen LogP contribution in [0.15, 0.2) is 12.3 Å². The van der Waals surface area contributed by atoms with Gasteiger partial charge in [0.2, 0.25) is 0 Å². The van der Waals surface area contributed by atoms with Crippen LogP contribution < -0.4 is 5.32 Å². The molecule has 2 rings (SSSR count). The van der Waals surface area contributed by atoms with Crippen LogP contribution in [0.4, 0.5) is 0 Å². The first-order chi connectivity index (χ1) is 8.58. The molecular formula is C13H17ClN2O2. The van der Waals surface area contributed by atoms with Gasteiger partial charge in [-0.3, -0.25) is 9.78 Å². The van der Waals surface area contributed by atoms with E-state index < -0.39 is 6.10 Å². The van der Waals surface area contributed by atoms with E-state index in [2.05, 4.69) is 10.3 Å². The molecule has 0 aromatic carbocycles. The van der Waals surface area contributed by atoms with Crippen LogP contribution in [0.1, 0.15) is 41.7 Å². The molecule has 0 aliphatic heterocycles. The molecule has 2 atom stereocenters. The molecule has 1 aliphatic carbocycles. The van der Waals surface area contributed by atoms with Crippen LogP contribution in [0.5, 0.6) is 0 Å². The van der Waals surface area contributed by atoms with Crippen LogP contribution >= 0.6 is 11.6 Å². The molecule has 98 valence electrons. The fourth-order valence-corrected chi connectivity index (χ4v) is 2.30. The average molecular weight is 269 g/mol. The number of rotatable bonds is 2. The second-order valence-electron chi connectivity index (χ2n) is 4.75. The van der Waals surface area contributed by atoms with E-state index >= 15 is 0 Å². The van der Waals surface area contributed by atoms with Crippen molar-refractivity contribution >= 4 is 17.5 Å². The maximum absolute atomic E-state index is 12.0. The lowest BCUT2D eigenvalue weighted by Crippen LogP contribution is -2.45. The van der Waals surface area contributed by atoms with Gasteiger partial charge in [0.05, 0.1) is 12.1 Å². The Morgan fingerprint density at radius 2 is 2.22 bits per heavy atom. The predicted octanol–water partition coefficient (Wildman–Crippen LogP) is 2.08. The smallest absolute Gasteiger partial charge is 0.270 e. The van der Waals surface area contributed by atoms with Crippen LogP contribution in [0.3, 0.4) is 0 Å². The van der Waals surface area contributed by atoms with Gasteiger partial charge in [-0.2, -0.15) is 0 Å². The Labute approximate surface area is 111 Å². The van der Waals surface area contributed by atoms with E-state index in [1.807, 2.05) is 6.92 Å². The van der Waals surface area contributed by atoms with E-state index in [0.717, 1.165) is 31.2 Å². The van der Waals surface area contributed by atoms with Crippen molar-refractivity contribution in [2.24, 2.45) is 0 Å². The molecule has 0 radical (unpaired) electrons. The van der Waals surface area contributed by atoms with Crippen LogP contribution in [0, 0.1) is 6.92 Å². The molecule has 18 heavy (non-hydrogen) atoms. The van der Waals surface area contributed by atoms with Gasteiger partial charge in [-0.1, -0.05) is 24.4 Å². The summed E-state index contributed by atoms with van der Waals surface area (Å²) in [6.07, 6.45) is 4.73. The van der Waals surface area contributed by atoms with Gasteiger partial charge in [-0.25, -0.2) is 0 Å². The molecular weight excluding hydrogens is 252 g/mol. The molecule has 1 aliphatic rings. The number of amides is 1.